The van der Waals surface area contributed by atoms with Crippen LogP contribution in [-0.2, 0) is 4.74 Å². The van der Waals surface area contributed by atoms with Gasteiger partial charge in [-0.3, -0.25) is 4.90 Å². The van der Waals surface area contributed by atoms with Crippen LogP contribution in [0.5, 0.6) is 0 Å². The van der Waals surface area contributed by atoms with Gasteiger partial charge in [0.1, 0.15) is 11.5 Å². The molecule has 1 unspecified atom stereocenters. The summed E-state index contributed by atoms with van der Waals surface area (Å²) in [6, 6.07) is 6.35. The fraction of sp³-hybridized carbons (Fsp3) is 0.591. The number of nitrogens with zero attached hydrogens (tertiary/aromatic N) is 4. The summed E-state index contributed by atoms with van der Waals surface area (Å²) in [5.74, 6) is 2.55. The van der Waals surface area contributed by atoms with Crippen molar-refractivity contribution >= 4 is 6.03 Å². The number of aryl methyl sites for hydroxylation is 1. The van der Waals surface area contributed by atoms with Gasteiger partial charge in [0.25, 0.3) is 0 Å². The molecule has 0 aliphatic carbocycles. The van der Waals surface area contributed by atoms with Gasteiger partial charge in [0.05, 0.1) is 19.5 Å². The zero-order valence-electron chi connectivity index (χ0n) is 17.4. The number of nitrogens with one attached hydrogen (secondary N) is 1. The summed E-state index contributed by atoms with van der Waals surface area (Å²) in [5.41, 5.74) is 1.97. The second kappa shape index (κ2) is 8.35. The van der Waals surface area contributed by atoms with E-state index in [1.54, 1.807) is 6.26 Å². The van der Waals surface area contributed by atoms with E-state index in [1.165, 1.54) is 6.42 Å². The van der Waals surface area contributed by atoms with E-state index in [0.29, 0.717) is 50.7 Å². The molecular weight excluding hydrogens is 382 g/mol. The number of amides is 2. The lowest BCUT2D eigenvalue weighted by atomic mass is 9.74. The van der Waals surface area contributed by atoms with E-state index in [2.05, 4.69) is 21.3 Å². The lowest BCUT2D eigenvalue weighted by molar-refractivity contribution is 0.0274. The first-order valence-corrected chi connectivity index (χ1v) is 10.9. The summed E-state index contributed by atoms with van der Waals surface area (Å²) in [5, 5.41) is 3.15. The molecule has 2 amide bonds. The summed E-state index contributed by atoms with van der Waals surface area (Å²) < 4.78 is 10.9. The number of urea groups is 1. The summed E-state index contributed by atoms with van der Waals surface area (Å²) in [7, 11) is 0. The van der Waals surface area contributed by atoms with Crippen LogP contribution in [0, 0.1) is 12.8 Å². The first kappa shape index (κ1) is 19.5. The molecule has 2 aromatic rings. The Balaban J connectivity index is 1.24. The Kier molecular flexibility index (Phi) is 5.43. The average Bonchev–Trinajstić information content (AvgIpc) is 3.33. The lowest BCUT2D eigenvalue weighted by Gasteiger charge is -2.49. The molecule has 0 saturated carbocycles. The molecule has 0 radical (unpaired) electrons. The Labute approximate surface area is 176 Å². The Morgan fingerprint density at radius 2 is 2.13 bits per heavy atom. The van der Waals surface area contributed by atoms with E-state index in [0.717, 1.165) is 42.5 Å². The molecule has 0 aromatic carbocycles. The van der Waals surface area contributed by atoms with Gasteiger partial charge in [-0.05, 0) is 50.4 Å². The van der Waals surface area contributed by atoms with Crippen molar-refractivity contribution in [3.63, 3.8) is 0 Å². The molecule has 4 aliphatic heterocycles. The Morgan fingerprint density at radius 1 is 1.27 bits per heavy atom. The second-order valence-corrected chi connectivity index (χ2v) is 8.53. The molecule has 6 rings (SSSR count). The smallest absolute Gasteiger partial charge is 0.317 e. The maximum atomic E-state index is 12.4. The number of aromatic nitrogens is 2. The zero-order chi connectivity index (χ0) is 20.5. The number of carbonyl (C=O) groups is 1. The molecule has 8 heteroatoms. The molecule has 30 heavy (non-hydrogen) atoms. The molecule has 6 heterocycles. The predicted octanol–water partition coefficient (Wildman–Crippen LogP) is 2.26. The van der Waals surface area contributed by atoms with Crippen molar-refractivity contribution in [2.75, 3.05) is 45.9 Å². The van der Waals surface area contributed by atoms with Crippen molar-refractivity contribution in [1.82, 2.24) is 25.1 Å². The Morgan fingerprint density at radius 3 is 2.87 bits per heavy atom. The molecular formula is C22H29N5O3. The highest BCUT2D eigenvalue weighted by Crippen LogP contribution is 2.41. The van der Waals surface area contributed by atoms with Crippen molar-refractivity contribution in [1.29, 1.82) is 0 Å². The number of piperidine rings is 3. The van der Waals surface area contributed by atoms with Crippen molar-refractivity contribution in [3.05, 3.63) is 36.0 Å². The van der Waals surface area contributed by atoms with Crippen LogP contribution in [0.2, 0.25) is 0 Å². The SMILES string of the molecule is Cc1nc(-c2ccco2)cc([C@@H]2CN3CC[C@H]2C[C@@H]3CNC(=O)N2CCOCC2)n1. The van der Waals surface area contributed by atoms with Gasteiger partial charge >= 0.3 is 6.03 Å². The number of morpholine rings is 1. The number of carbonyl (C=O) groups excluding carboxylic acids is 1. The summed E-state index contributed by atoms with van der Waals surface area (Å²) >= 11 is 0. The van der Waals surface area contributed by atoms with Gasteiger partial charge in [-0.2, -0.15) is 0 Å². The van der Waals surface area contributed by atoms with Gasteiger partial charge in [-0.1, -0.05) is 0 Å². The van der Waals surface area contributed by atoms with Crippen LogP contribution in [0.3, 0.4) is 0 Å². The number of hydrogen-bond donors (Lipinski definition) is 1. The number of hydrogen-bond acceptors (Lipinski definition) is 6. The highest BCUT2D eigenvalue weighted by Gasteiger charge is 2.41. The van der Waals surface area contributed by atoms with Crippen LogP contribution in [0.4, 0.5) is 4.79 Å². The molecule has 8 nitrogen and oxygen atoms in total. The summed E-state index contributed by atoms with van der Waals surface area (Å²) in [6.45, 7) is 7.34. The molecule has 160 valence electrons. The minimum Gasteiger partial charge on any atom is -0.463 e. The fourth-order valence-electron chi connectivity index (χ4n) is 5.10. The van der Waals surface area contributed by atoms with Crippen molar-refractivity contribution in [2.45, 2.75) is 31.7 Å². The van der Waals surface area contributed by atoms with Gasteiger partial charge in [0.2, 0.25) is 0 Å². The number of furan rings is 1. The van der Waals surface area contributed by atoms with Gasteiger partial charge in [0, 0.05) is 43.8 Å². The van der Waals surface area contributed by atoms with Crippen LogP contribution >= 0.6 is 0 Å². The minimum atomic E-state index is 0.0343. The topological polar surface area (TPSA) is 83.7 Å². The van der Waals surface area contributed by atoms with Crippen molar-refractivity contribution in [2.24, 2.45) is 5.92 Å². The summed E-state index contributed by atoms with van der Waals surface area (Å²) in [4.78, 5) is 26.1. The van der Waals surface area contributed by atoms with Gasteiger partial charge < -0.3 is 19.4 Å². The third kappa shape index (κ3) is 3.94. The third-order valence-corrected chi connectivity index (χ3v) is 6.68. The van der Waals surface area contributed by atoms with E-state index in [-0.39, 0.29) is 6.03 Å². The molecule has 4 atom stereocenters. The van der Waals surface area contributed by atoms with Crippen LogP contribution in [-0.4, -0.2) is 77.8 Å². The standard InChI is InChI=1S/C22H29N5O3/c1-15-24-19(12-20(25-15)21-3-2-8-30-21)18-14-27-5-4-16(18)11-17(27)13-23-22(28)26-6-9-29-10-7-26/h2-3,8,12,16-18H,4-7,9-11,13-14H2,1H3,(H,23,28)/t16-,17+,18+/m0/s1. The van der Waals surface area contributed by atoms with Crippen LogP contribution < -0.4 is 5.32 Å². The van der Waals surface area contributed by atoms with Crippen LogP contribution in [0.1, 0.15) is 30.3 Å². The first-order chi connectivity index (χ1) is 14.7. The number of ether oxygens (including phenoxy) is 1. The molecule has 1 N–H and O–H groups in total. The average molecular weight is 412 g/mol. The van der Waals surface area contributed by atoms with E-state index in [1.807, 2.05) is 24.0 Å². The molecule has 4 fully saturated rings. The van der Waals surface area contributed by atoms with Crippen LogP contribution in [0.25, 0.3) is 11.5 Å². The third-order valence-electron chi connectivity index (χ3n) is 6.68. The van der Waals surface area contributed by atoms with E-state index < -0.39 is 0 Å². The number of rotatable bonds is 4. The van der Waals surface area contributed by atoms with Gasteiger partial charge in [-0.15, -0.1) is 0 Å². The monoisotopic (exact) mass is 411 g/mol. The molecule has 2 aromatic heterocycles. The normalized spacial score (nSPS) is 28.5. The minimum absolute atomic E-state index is 0.0343. The first-order valence-electron chi connectivity index (χ1n) is 10.9. The molecule has 0 spiro atoms. The molecule has 4 saturated heterocycles. The highest BCUT2D eigenvalue weighted by atomic mass is 16.5. The fourth-order valence-corrected chi connectivity index (χ4v) is 5.10. The quantitative estimate of drug-likeness (QED) is 0.831. The van der Waals surface area contributed by atoms with Crippen molar-refractivity contribution < 1.29 is 13.9 Å². The van der Waals surface area contributed by atoms with Gasteiger partial charge in [-0.25, -0.2) is 14.8 Å². The van der Waals surface area contributed by atoms with Crippen molar-refractivity contribution in [3.8, 4) is 11.5 Å². The largest absolute Gasteiger partial charge is 0.463 e. The maximum Gasteiger partial charge on any atom is 0.317 e. The van der Waals surface area contributed by atoms with E-state index >= 15 is 0 Å². The zero-order valence-corrected chi connectivity index (χ0v) is 17.4. The van der Waals surface area contributed by atoms with E-state index in [4.69, 9.17) is 14.1 Å². The predicted molar refractivity (Wildman–Crippen MR) is 111 cm³/mol. The van der Waals surface area contributed by atoms with Gasteiger partial charge in [0.15, 0.2) is 5.76 Å². The van der Waals surface area contributed by atoms with E-state index in [9.17, 15) is 4.79 Å². The lowest BCUT2D eigenvalue weighted by Crippen LogP contribution is -2.57. The molecule has 2 bridgehead atoms. The Hall–Kier alpha value is -2.45. The van der Waals surface area contributed by atoms with Crippen LogP contribution in [0.15, 0.2) is 28.9 Å². The maximum absolute atomic E-state index is 12.4. The summed E-state index contributed by atoms with van der Waals surface area (Å²) in [6.07, 6.45) is 3.95. The highest BCUT2D eigenvalue weighted by molar-refractivity contribution is 5.74. The second-order valence-electron chi connectivity index (χ2n) is 8.53. The molecule has 4 aliphatic rings. The Bertz CT molecular complexity index is 881. The number of fused-ring (bicyclic) bond motifs is 3.